The molecular formula is C20H21N7O2. The SMILES string of the molecule is Cc1cc(N2CCCN(c3cccnn3)CC2)nc(-c2ccc([N+](=O)[O-])cc2)n1. The topological polar surface area (TPSA) is 101 Å². The van der Waals surface area contributed by atoms with Gasteiger partial charge < -0.3 is 9.80 Å². The number of rotatable bonds is 4. The van der Waals surface area contributed by atoms with Crippen LogP contribution >= 0.6 is 0 Å². The first-order chi connectivity index (χ1) is 14.1. The van der Waals surface area contributed by atoms with Crippen molar-refractivity contribution >= 4 is 17.3 Å². The third kappa shape index (κ3) is 4.29. The van der Waals surface area contributed by atoms with Gasteiger partial charge in [-0.2, -0.15) is 5.10 Å². The van der Waals surface area contributed by atoms with Crippen molar-refractivity contribution in [3.8, 4) is 11.4 Å². The fraction of sp³-hybridized carbons (Fsp3) is 0.300. The van der Waals surface area contributed by atoms with E-state index in [2.05, 4.69) is 25.0 Å². The molecule has 0 unspecified atom stereocenters. The van der Waals surface area contributed by atoms with Crippen LogP contribution in [0.5, 0.6) is 0 Å². The van der Waals surface area contributed by atoms with E-state index < -0.39 is 4.92 Å². The van der Waals surface area contributed by atoms with Gasteiger partial charge in [-0.15, -0.1) is 5.10 Å². The van der Waals surface area contributed by atoms with Gasteiger partial charge in [-0.05, 0) is 37.6 Å². The van der Waals surface area contributed by atoms with Gasteiger partial charge in [-0.3, -0.25) is 10.1 Å². The smallest absolute Gasteiger partial charge is 0.269 e. The molecule has 9 nitrogen and oxygen atoms in total. The highest BCUT2D eigenvalue weighted by Gasteiger charge is 2.18. The second-order valence-electron chi connectivity index (χ2n) is 6.90. The molecule has 1 aromatic carbocycles. The molecule has 0 bridgehead atoms. The van der Waals surface area contributed by atoms with Crippen molar-refractivity contribution in [1.82, 2.24) is 20.2 Å². The van der Waals surface area contributed by atoms with Crippen molar-refractivity contribution in [1.29, 1.82) is 0 Å². The zero-order chi connectivity index (χ0) is 20.2. The molecule has 4 rings (SSSR count). The molecule has 0 amide bonds. The number of nitro benzene ring substituents is 1. The van der Waals surface area contributed by atoms with Gasteiger partial charge in [0.15, 0.2) is 11.6 Å². The van der Waals surface area contributed by atoms with Gasteiger partial charge in [0.1, 0.15) is 5.82 Å². The van der Waals surface area contributed by atoms with Crippen LogP contribution in [-0.4, -0.2) is 51.3 Å². The van der Waals surface area contributed by atoms with E-state index in [-0.39, 0.29) is 5.69 Å². The molecule has 29 heavy (non-hydrogen) atoms. The zero-order valence-corrected chi connectivity index (χ0v) is 16.1. The molecule has 148 valence electrons. The van der Waals surface area contributed by atoms with Gasteiger partial charge in [-0.1, -0.05) is 0 Å². The summed E-state index contributed by atoms with van der Waals surface area (Å²) >= 11 is 0. The standard InChI is InChI=1S/C20H21N7O2/c1-15-14-19(23-20(22-15)16-5-7-17(8-6-16)27(28)29)26-11-3-10-25(12-13-26)18-4-2-9-21-24-18/h2,4-9,14H,3,10-13H2,1H3. The quantitative estimate of drug-likeness (QED) is 0.494. The minimum atomic E-state index is -0.410. The Balaban J connectivity index is 1.55. The first-order valence-electron chi connectivity index (χ1n) is 9.48. The molecule has 1 aliphatic rings. The van der Waals surface area contributed by atoms with Gasteiger partial charge in [0, 0.05) is 61.8 Å². The summed E-state index contributed by atoms with van der Waals surface area (Å²) in [5.74, 6) is 2.33. The molecule has 3 heterocycles. The second-order valence-corrected chi connectivity index (χ2v) is 6.90. The van der Waals surface area contributed by atoms with Crippen molar-refractivity contribution in [2.45, 2.75) is 13.3 Å². The Kier molecular flexibility index (Phi) is 5.28. The van der Waals surface area contributed by atoms with Crippen LogP contribution in [0.25, 0.3) is 11.4 Å². The van der Waals surface area contributed by atoms with Crippen LogP contribution in [0.3, 0.4) is 0 Å². The number of hydrogen-bond donors (Lipinski definition) is 0. The summed E-state index contributed by atoms with van der Waals surface area (Å²) in [6.45, 7) is 5.37. The fourth-order valence-corrected chi connectivity index (χ4v) is 3.41. The molecule has 9 heteroatoms. The largest absolute Gasteiger partial charge is 0.355 e. The summed E-state index contributed by atoms with van der Waals surface area (Å²) in [5, 5.41) is 19.1. The maximum atomic E-state index is 10.9. The first kappa shape index (κ1) is 18.7. The molecule has 1 fully saturated rings. The average Bonchev–Trinajstić information content (AvgIpc) is 3.00. The second kappa shape index (κ2) is 8.17. The Morgan fingerprint density at radius 1 is 0.966 bits per heavy atom. The Bertz CT molecular complexity index is 995. The molecular weight excluding hydrogens is 370 g/mol. The maximum Gasteiger partial charge on any atom is 0.269 e. The average molecular weight is 391 g/mol. The molecule has 0 spiro atoms. The van der Waals surface area contributed by atoms with Crippen LogP contribution in [-0.2, 0) is 0 Å². The van der Waals surface area contributed by atoms with Crippen molar-refractivity contribution in [3.05, 3.63) is 64.5 Å². The Labute approximate surface area is 168 Å². The molecule has 0 aliphatic carbocycles. The number of non-ortho nitro benzene ring substituents is 1. The molecule has 1 saturated heterocycles. The number of aromatic nitrogens is 4. The van der Waals surface area contributed by atoms with E-state index in [1.54, 1.807) is 18.3 Å². The number of anilines is 2. The van der Waals surface area contributed by atoms with E-state index in [9.17, 15) is 10.1 Å². The summed E-state index contributed by atoms with van der Waals surface area (Å²) in [6, 6.07) is 12.2. The zero-order valence-electron chi connectivity index (χ0n) is 16.1. The third-order valence-corrected chi connectivity index (χ3v) is 4.88. The number of hydrogen-bond acceptors (Lipinski definition) is 8. The highest BCUT2D eigenvalue weighted by Crippen LogP contribution is 2.24. The van der Waals surface area contributed by atoms with E-state index in [1.807, 2.05) is 25.1 Å². The summed E-state index contributed by atoms with van der Waals surface area (Å²) in [6.07, 6.45) is 2.66. The van der Waals surface area contributed by atoms with Gasteiger partial charge in [0.25, 0.3) is 5.69 Å². The van der Waals surface area contributed by atoms with Gasteiger partial charge in [-0.25, -0.2) is 9.97 Å². The first-order valence-corrected chi connectivity index (χ1v) is 9.48. The lowest BCUT2D eigenvalue weighted by molar-refractivity contribution is -0.384. The lowest BCUT2D eigenvalue weighted by Gasteiger charge is -2.23. The highest BCUT2D eigenvalue weighted by molar-refractivity contribution is 5.60. The van der Waals surface area contributed by atoms with Gasteiger partial charge in [0.2, 0.25) is 0 Å². The molecule has 0 N–H and O–H groups in total. The normalized spacial score (nSPS) is 14.5. The summed E-state index contributed by atoms with van der Waals surface area (Å²) in [7, 11) is 0. The predicted octanol–water partition coefficient (Wildman–Crippen LogP) is 2.87. The van der Waals surface area contributed by atoms with Crippen LogP contribution in [0.4, 0.5) is 17.3 Å². The Morgan fingerprint density at radius 3 is 2.34 bits per heavy atom. The van der Waals surface area contributed by atoms with Crippen molar-refractivity contribution in [2.75, 3.05) is 36.0 Å². The lowest BCUT2D eigenvalue weighted by Crippen LogP contribution is -2.31. The highest BCUT2D eigenvalue weighted by atomic mass is 16.6. The molecule has 3 aromatic rings. The monoisotopic (exact) mass is 391 g/mol. The van der Waals surface area contributed by atoms with Crippen molar-refractivity contribution in [3.63, 3.8) is 0 Å². The number of nitrogens with zero attached hydrogens (tertiary/aromatic N) is 7. The van der Waals surface area contributed by atoms with Gasteiger partial charge in [0.05, 0.1) is 4.92 Å². The van der Waals surface area contributed by atoms with E-state index in [0.29, 0.717) is 5.82 Å². The van der Waals surface area contributed by atoms with Crippen molar-refractivity contribution < 1.29 is 4.92 Å². The predicted molar refractivity (Wildman–Crippen MR) is 110 cm³/mol. The van der Waals surface area contributed by atoms with Crippen LogP contribution < -0.4 is 9.80 Å². The molecule has 0 saturated carbocycles. The van der Waals surface area contributed by atoms with E-state index in [1.165, 1.54) is 12.1 Å². The van der Waals surface area contributed by atoms with Gasteiger partial charge >= 0.3 is 0 Å². The lowest BCUT2D eigenvalue weighted by atomic mass is 10.2. The minimum Gasteiger partial charge on any atom is -0.355 e. The molecule has 0 atom stereocenters. The number of nitro groups is 1. The van der Waals surface area contributed by atoms with E-state index in [0.717, 1.165) is 55.5 Å². The maximum absolute atomic E-state index is 10.9. The van der Waals surface area contributed by atoms with E-state index in [4.69, 9.17) is 4.98 Å². The summed E-state index contributed by atoms with van der Waals surface area (Å²) < 4.78 is 0. The Hall–Kier alpha value is -3.62. The third-order valence-electron chi connectivity index (χ3n) is 4.88. The van der Waals surface area contributed by atoms with Crippen molar-refractivity contribution in [2.24, 2.45) is 0 Å². The minimum absolute atomic E-state index is 0.0539. The molecule has 2 aromatic heterocycles. The number of benzene rings is 1. The van der Waals surface area contributed by atoms with Crippen LogP contribution in [0.15, 0.2) is 48.7 Å². The van der Waals surface area contributed by atoms with Crippen LogP contribution in [0.1, 0.15) is 12.1 Å². The molecule has 1 aliphatic heterocycles. The molecule has 0 radical (unpaired) electrons. The summed E-state index contributed by atoms with van der Waals surface area (Å²) in [5.41, 5.74) is 1.67. The van der Waals surface area contributed by atoms with E-state index >= 15 is 0 Å². The Morgan fingerprint density at radius 2 is 1.69 bits per heavy atom. The fourth-order valence-electron chi connectivity index (χ4n) is 3.41. The summed E-state index contributed by atoms with van der Waals surface area (Å²) in [4.78, 5) is 24.2. The number of aryl methyl sites for hydroxylation is 1. The van der Waals surface area contributed by atoms with Crippen LogP contribution in [0, 0.1) is 17.0 Å². The van der Waals surface area contributed by atoms with Crippen LogP contribution in [0.2, 0.25) is 0 Å².